The SMILES string of the molecule is C=C(C)C(=O)OC1CC2CCC1(C)C2(C)CC. The van der Waals surface area contributed by atoms with Crippen LogP contribution in [0.5, 0.6) is 0 Å². The van der Waals surface area contributed by atoms with Crippen LogP contribution in [0.4, 0.5) is 0 Å². The maximum Gasteiger partial charge on any atom is 0.333 e. The molecule has 96 valence electrons. The highest BCUT2D eigenvalue weighted by atomic mass is 16.5. The molecule has 0 aromatic carbocycles. The van der Waals surface area contributed by atoms with E-state index >= 15 is 0 Å². The molecular weight excluding hydrogens is 212 g/mol. The smallest absolute Gasteiger partial charge is 0.333 e. The van der Waals surface area contributed by atoms with Gasteiger partial charge in [-0.05, 0) is 43.9 Å². The summed E-state index contributed by atoms with van der Waals surface area (Å²) < 4.78 is 5.67. The number of esters is 1. The van der Waals surface area contributed by atoms with Crippen molar-refractivity contribution < 1.29 is 9.53 Å². The summed E-state index contributed by atoms with van der Waals surface area (Å²) in [6.45, 7) is 12.3. The van der Waals surface area contributed by atoms with Gasteiger partial charge < -0.3 is 4.74 Å². The molecular formula is C15H24O2. The highest BCUT2D eigenvalue weighted by molar-refractivity contribution is 5.87. The lowest BCUT2D eigenvalue weighted by molar-refractivity contribution is -0.152. The maximum absolute atomic E-state index is 11.7. The molecule has 0 aromatic heterocycles. The first-order chi connectivity index (χ1) is 7.85. The first-order valence-electron chi connectivity index (χ1n) is 6.71. The zero-order valence-corrected chi connectivity index (χ0v) is 11.5. The fourth-order valence-electron chi connectivity index (χ4n) is 4.07. The minimum Gasteiger partial charge on any atom is -0.458 e. The number of fused-ring (bicyclic) bond motifs is 2. The van der Waals surface area contributed by atoms with Crippen molar-refractivity contribution in [3.05, 3.63) is 12.2 Å². The number of hydrogen-bond donors (Lipinski definition) is 0. The van der Waals surface area contributed by atoms with Gasteiger partial charge in [-0.1, -0.05) is 27.4 Å². The minimum absolute atomic E-state index is 0.0930. The lowest BCUT2D eigenvalue weighted by Gasteiger charge is -2.40. The van der Waals surface area contributed by atoms with Crippen molar-refractivity contribution in [3.63, 3.8) is 0 Å². The summed E-state index contributed by atoms with van der Waals surface area (Å²) in [5.74, 6) is 0.502. The quantitative estimate of drug-likeness (QED) is 0.551. The molecule has 0 amide bonds. The topological polar surface area (TPSA) is 26.3 Å². The van der Waals surface area contributed by atoms with Crippen molar-refractivity contribution in [1.82, 2.24) is 0 Å². The van der Waals surface area contributed by atoms with E-state index in [1.807, 2.05) is 0 Å². The van der Waals surface area contributed by atoms with Gasteiger partial charge in [0.05, 0.1) is 0 Å². The van der Waals surface area contributed by atoms with E-state index in [1.54, 1.807) is 6.92 Å². The summed E-state index contributed by atoms with van der Waals surface area (Å²) >= 11 is 0. The summed E-state index contributed by atoms with van der Waals surface area (Å²) in [6.07, 6.45) is 4.79. The molecule has 4 atom stereocenters. The Bertz CT molecular complexity index is 360. The fourth-order valence-corrected chi connectivity index (χ4v) is 4.07. The van der Waals surface area contributed by atoms with Crippen LogP contribution in [-0.4, -0.2) is 12.1 Å². The number of rotatable bonds is 3. The molecule has 2 aliphatic carbocycles. The second-order valence-corrected chi connectivity index (χ2v) is 6.33. The molecule has 0 N–H and O–H groups in total. The maximum atomic E-state index is 11.7. The van der Waals surface area contributed by atoms with Crippen molar-refractivity contribution in [2.75, 3.05) is 0 Å². The lowest BCUT2D eigenvalue weighted by Crippen LogP contribution is -2.39. The van der Waals surface area contributed by atoms with Crippen LogP contribution >= 0.6 is 0 Å². The summed E-state index contributed by atoms with van der Waals surface area (Å²) in [5, 5.41) is 0. The van der Waals surface area contributed by atoms with Crippen LogP contribution < -0.4 is 0 Å². The van der Waals surface area contributed by atoms with Crippen LogP contribution in [-0.2, 0) is 9.53 Å². The van der Waals surface area contributed by atoms with E-state index in [-0.39, 0.29) is 17.5 Å². The van der Waals surface area contributed by atoms with Crippen molar-refractivity contribution in [2.45, 2.75) is 59.5 Å². The molecule has 2 aliphatic rings. The largest absolute Gasteiger partial charge is 0.458 e. The second kappa shape index (κ2) is 3.86. The molecule has 2 rings (SSSR count). The molecule has 2 saturated carbocycles. The van der Waals surface area contributed by atoms with Crippen molar-refractivity contribution in [3.8, 4) is 0 Å². The molecule has 0 radical (unpaired) electrons. The van der Waals surface area contributed by atoms with Gasteiger partial charge in [-0.25, -0.2) is 4.79 Å². The standard InChI is InChI=1S/C15H24O2/c1-6-14(4)11-7-8-15(14,5)12(9-11)17-13(16)10(2)3/h11-12H,2,6-9H2,1,3-5H3. The highest BCUT2D eigenvalue weighted by Crippen LogP contribution is 2.67. The molecule has 0 aromatic rings. The third kappa shape index (κ3) is 1.56. The zero-order valence-electron chi connectivity index (χ0n) is 11.5. The molecule has 0 heterocycles. The van der Waals surface area contributed by atoms with Crippen molar-refractivity contribution in [2.24, 2.45) is 16.7 Å². The average Bonchev–Trinajstić information content (AvgIpc) is 2.64. The minimum atomic E-state index is -0.220. The summed E-state index contributed by atoms with van der Waals surface area (Å²) in [5.41, 5.74) is 1.01. The van der Waals surface area contributed by atoms with E-state index in [2.05, 4.69) is 27.4 Å². The first kappa shape index (κ1) is 12.7. The molecule has 17 heavy (non-hydrogen) atoms. The van der Waals surface area contributed by atoms with Crippen LogP contribution in [0.3, 0.4) is 0 Å². The molecule has 2 bridgehead atoms. The van der Waals surface area contributed by atoms with E-state index in [1.165, 1.54) is 19.3 Å². The van der Waals surface area contributed by atoms with Crippen LogP contribution in [0.2, 0.25) is 0 Å². The van der Waals surface area contributed by atoms with Gasteiger partial charge in [-0.15, -0.1) is 0 Å². The predicted molar refractivity (Wildman–Crippen MR) is 68.5 cm³/mol. The van der Waals surface area contributed by atoms with Gasteiger partial charge in [0.2, 0.25) is 0 Å². The van der Waals surface area contributed by atoms with E-state index in [4.69, 9.17) is 4.74 Å². The van der Waals surface area contributed by atoms with Crippen LogP contribution in [0.1, 0.15) is 53.4 Å². The Morgan fingerprint density at radius 2 is 2.12 bits per heavy atom. The lowest BCUT2D eigenvalue weighted by atomic mass is 9.67. The monoisotopic (exact) mass is 236 g/mol. The van der Waals surface area contributed by atoms with E-state index in [0.29, 0.717) is 11.0 Å². The normalized spacial score (nSPS) is 43.8. The van der Waals surface area contributed by atoms with Gasteiger partial charge in [0.1, 0.15) is 6.10 Å². The van der Waals surface area contributed by atoms with E-state index in [9.17, 15) is 4.79 Å². The van der Waals surface area contributed by atoms with Crippen molar-refractivity contribution in [1.29, 1.82) is 0 Å². The molecule has 4 unspecified atom stereocenters. The van der Waals surface area contributed by atoms with Gasteiger partial charge in [-0.3, -0.25) is 0 Å². The Kier molecular flexibility index (Phi) is 2.87. The molecule has 2 heteroatoms. The van der Waals surface area contributed by atoms with Gasteiger partial charge in [0.15, 0.2) is 0 Å². The number of carbonyl (C=O) groups excluding carboxylic acids is 1. The summed E-state index contributed by atoms with van der Waals surface area (Å²) in [6, 6.07) is 0. The fraction of sp³-hybridized carbons (Fsp3) is 0.800. The Morgan fingerprint density at radius 1 is 1.47 bits per heavy atom. The number of carbonyl (C=O) groups is 1. The molecule has 2 nitrogen and oxygen atoms in total. The number of hydrogen-bond acceptors (Lipinski definition) is 2. The molecule has 0 aliphatic heterocycles. The summed E-state index contributed by atoms with van der Waals surface area (Å²) in [7, 11) is 0. The van der Waals surface area contributed by atoms with Crippen LogP contribution in [0.15, 0.2) is 12.2 Å². The van der Waals surface area contributed by atoms with Gasteiger partial charge >= 0.3 is 5.97 Å². The molecule has 2 fully saturated rings. The molecule has 0 saturated heterocycles. The first-order valence-corrected chi connectivity index (χ1v) is 6.71. The van der Waals surface area contributed by atoms with Gasteiger partial charge in [0.25, 0.3) is 0 Å². The van der Waals surface area contributed by atoms with E-state index < -0.39 is 0 Å². The number of ether oxygens (including phenoxy) is 1. The Balaban J connectivity index is 2.19. The average molecular weight is 236 g/mol. The second-order valence-electron chi connectivity index (χ2n) is 6.33. The Hall–Kier alpha value is -0.790. The van der Waals surface area contributed by atoms with Gasteiger partial charge in [0, 0.05) is 11.0 Å². The summed E-state index contributed by atoms with van der Waals surface area (Å²) in [4.78, 5) is 11.7. The third-order valence-corrected chi connectivity index (χ3v) is 5.76. The predicted octanol–water partition coefficient (Wildman–Crippen LogP) is 3.71. The van der Waals surface area contributed by atoms with Gasteiger partial charge in [-0.2, -0.15) is 0 Å². The van der Waals surface area contributed by atoms with Crippen LogP contribution in [0.25, 0.3) is 0 Å². The molecule has 0 spiro atoms. The third-order valence-electron chi connectivity index (χ3n) is 5.76. The highest BCUT2D eigenvalue weighted by Gasteiger charge is 2.64. The van der Waals surface area contributed by atoms with Crippen molar-refractivity contribution >= 4 is 5.97 Å². The zero-order chi connectivity index (χ0) is 12.8. The van der Waals surface area contributed by atoms with Crippen LogP contribution in [0, 0.1) is 16.7 Å². The Morgan fingerprint density at radius 3 is 2.59 bits per heavy atom. The van der Waals surface area contributed by atoms with E-state index in [0.717, 1.165) is 12.3 Å². The Labute approximate surface area is 104 Å².